The highest BCUT2D eigenvalue weighted by Crippen LogP contribution is 2.27. The molecule has 4 nitrogen and oxygen atoms in total. The molecule has 0 bridgehead atoms. The van der Waals surface area contributed by atoms with E-state index in [9.17, 15) is 8.42 Å². The van der Waals surface area contributed by atoms with Gasteiger partial charge in [0.2, 0.25) is 10.0 Å². The molecule has 5 heteroatoms. The Morgan fingerprint density at radius 1 is 0.893 bits per heavy atom. The third-order valence-corrected chi connectivity index (χ3v) is 6.66. The van der Waals surface area contributed by atoms with Crippen LogP contribution in [0.3, 0.4) is 0 Å². The molecule has 1 aliphatic rings. The molecule has 3 aromatic carbocycles. The first-order valence-corrected chi connectivity index (χ1v) is 11.0. The molecular weight excluding hydrogens is 368 g/mol. The van der Waals surface area contributed by atoms with E-state index in [1.165, 1.54) is 11.1 Å². The van der Waals surface area contributed by atoms with Gasteiger partial charge in [0.15, 0.2) is 0 Å². The maximum atomic E-state index is 12.6. The number of nitrogens with one attached hydrogen (secondary N) is 1. The maximum Gasteiger partial charge on any atom is 0.240 e. The zero-order valence-corrected chi connectivity index (χ0v) is 16.7. The van der Waals surface area contributed by atoms with Crippen LogP contribution < -0.4 is 9.62 Å². The smallest absolute Gasteiger partial charge is 0.240 e. The minimum absolute atomic E-state index is 0.268. The predicted molar refractivity (Wildman–Crippen MR) is 113 cm³/mol. The summed E-state index contributed by atoms with van der Waals surface area (Å²) in [7, 11) is -3.54. The Kier molecular flexibility index (Phi) is 5.20. The van der Waals surface area contributed by atoms with Crippen LogP contribution in [-0.2, 0) is 29.5 Å². The Morgan fingerprint density at radius 2 is 1.57 bits per heavy atom. The third kappa shape index (κ3) is 3.96. The summed E-state index contributed by atoms with van der Waals surface area (Å²) in [5, 5.41) is 0. The monoisotopic (exact) mass is 392 g/mol. The SMILES string of the molecule is Cc1ccc(S(=O)(=O)NCc2ccccc2N2CCc3ccccc3C2)cc1. The zero-order valence-electron chi connectivity index (χ0n) is 15.9. The van der Waals surface area contributed by atoms with Gasteiger partial charge in [-0.25, -0.2) is 13.1 Å². The van der Waals surface area contributed by atoms with E-state index >= 15 is 0 Å². The molecule has 0 spiro atoms. The standard InChI is InChI=1S/C23H24N2O2S/c1-18-10-12-22(13-11-18)28(26,27)24-16-20-7-4-5-9-23(20)25-15-14-19-6-2-3-8-21(19)17-25/h2-13,24H,14-17H2,1H3. The van der Waals surface area contributed by atoms with Crippen LogP contribution in [0.15, 0.2) is 77.7 Å². The van der Waals surface area contributed by atoms with Crippen LogP contribution in [0, 0.1) is 6.92 Å². The maximum absolute atomic E-state index is 12.6. The highest BCUT2D eigenvalue weighted by atomic mass is 32.2. The van der Waals surface area contributed by atoms with Gasteiger partial charge in [-0.3, -0.25) is 0 Å². The molecule has 0 amide bonds. The van der Waals surface area contributed by atoms with Gasteiger partial charge < -0.3 is 4.90 Å². The van der Waals surface area contributed by atoms with Gasteiger partial charge >= 0.3 is 0 Å². The van der Waals surface area contributed by atoms with Gasteiger partial charge in [0.1, 0.15) is 0 Å². The summed E-state index contributed by atoms with van der Waals surface area (Å²) in [4.78, 5) is 2.63. The van der Waals surface area contributed by atoms with E-state index in [1.54, 1.807) is 12.1 Å². The van der Waals surface area contributed by atoms with E-state index < -0.39 is 10.0 Å². The highest BCUT2D eigenvalue weighted by molar-refractivity contribution is 7.89. The van der Waals surface area contributed by atoms with E-state index in [4.69, 9.17) is 0 Å². The number of nitrogens with zero attached hydrogens (tertiary/aromatic N) is 1. The van der Waals surface area contributed by atoms with Gasteiger partial charge in [0.25, 0.3) is 0 Å². The van der Waals surface area contributed by atoms with Gasteiger partial charge in [-0.2, -0.15) is 0 Å². The fourth-order valence-electron chi connectivity index (χ4n) is 3.64. The Hall–Kier alpha value is -2.63. The largest absolute Gasteiger partial charge is 0.367 e. The zero-order chi connectivity index (χ0) is 19.6. The fraction of sp³-hybridized carbons (Fsp3) is 0.217. The van der Waals surface area contributed by atoms with Crippen LogP contribution >= 0.6 is 0 Å². The third-order valence-electron chi connectivity index (χ3n) is 5.25. The average Bonchev–Trinajstić information content (AvgIpc) is 2.72. The van der Waals surface area contributed by atoms with Crippen molar-refractivity contribution in [2.45, 2.75) is 31.3 Å². The first-order valence-electron chi connectivity index (χ1n) is 9.49. The molecule has 0 atom stereocenters. The van der Waals surface area contributed by atoms with Gasteiger partial charge in [-0.05, 0) is 48.2 Å². The lowest BCUT2D eigenvalue weighted by Gasteiger charge is -2.32. The van der Waals surface area contributed by atoms with E-state index in [2.05, 4.69) is 40.0 Å². The minimum Gasteiger partial charge on any atom is -0.367 e. The summed E-state index contributed by atoms with van der Waals surface area (Å²) in [6, 6.07) is 23.5. The fourth-order valence-corrected chi connectivity index (χ4v) is 4.65. The highest BCUT2D eigenvalue weighted by Gasteiger charge is 2.19. The number of para-hydroxylation sites is 1. The van der Waals surface area contributed by atoms with Crippen LogP contribution in [-0.4, -0.2) is 15.0 Å². The summed E-state index contributed by atoms with van der Waals surface area (Å²) < 4.78 is 28.0. The molecule has 0 aliphatic carbocycles. The number of benzene rings is 3. The quantitative estimate of drug-likeness (QED) is 0.713. The summed E-state index contributed by atoms with van der Waals surface area (Å²) in [6.07, 6.45) is 1.000. The van der Waals surface area contributed by atoms with Gasteiger partial charge in [-0.1, -0.05) is 60.2 Å². The molecule has 0 unspecified atom stereocenters. The number of hydrogen-bond donors (Lipinski definition) is 1. The molecule has 0 radical (unpaired) electrons. The lowest BCUT2D eigenvalue weighted by atomic mass is 9.99. The Morgan fingerprint density at radius 3 is 2.36 bits per heavy atom. The second kappa shape index (κ2) is 7.78. The number of aryl methyl sites for hydroxylation is 1. The van der Waals surface area contributed by atoms with Crippen molar-refractivity contribution in [2.75, 3.05) is 11.4 Å². The van der Waals surface area contributed by atoms with Gasteiger partial charge in [0, 0.05) is 25.3 Å². The number of hydrogen-bond acceptors (Lipinski definition) is 3. The molecule has 0 aromatic heterocycles. The van der Waals surface area contributed by atoms with Crippen LogP contribution in [0.2, 0.25) is 0 Å². The van der Waals surface area contributed by atoms with E-state index in [1.807, 2.05) is 37.3 Å². The summed E-state index contributed by atoms with van der Waals surface area (Å²) in [6.45, 7) is 3.98. The molecule has 0 saturated heterocycles. The lowest BCUT2D eigenvalue weighted by molar-refractivity contribution is 0.581. The second-order valence-corrected chi connectivity index (χ2v) is 8.97. The van der Waals surface area contributed by atoms with Crippen LogP contribution in [0.5, 0.6) is 0 Å². The normalized spacial score (nSPS) is 14.0. The van der Waals surface area contributed by atoms with Gasteiger partial charge in [-0.15, -0.1) is 0 Å². The van der Waals surface area contributed by atoms with Gasteiger partial charge in [0.05, 0.1) is 4.90 Å². The Bertz CT molecular complexity index is 1080. The van der Waals surface area contributed by atoms with E-state index in [0.717, 1.165) is 36.3 Å². The molecule has 28 heavy (non-hydrogen) atoms. The van der Waals surface area contributed by atoms with Crippen molar-refractivity contribution >= 4 is 15.7 Å². The average molecular weight is 393 g/mol. The number of sulfonamides is 1. The van der Waals surface area contributed by atoms with Crippen molar-refractivity contribution in [3.8, 4) is 0 Å². The van der Waals surface area contributed by atoms with Crippen LogP contribution in [0.25, 0.3) is 0 Å². The molecule has 4 rings (SSSR count). The van der Waals surface area contributed by atoms with Crippen molar-refractivity contribution in [1.29, 1.82) is 0 Å². The molecule has 1 aliphatic heterocycles. The Labute approximate surface area is 166 Å². The molecule has 1 N–H and O–H groups in total. The predicted octanol–water partition coefficient (Wildman–Crippen LogP) is 4.04. The number of rotatable bonds is 5. The summed E-state index contributed by atoms with van der Waals surface area (Å²) in [5.74, 6) is 0. The number of fused-ring (bicyclic) bond motifs is 1. The van der Waals surface area contributed by atoms with Crippen molar-refractivity contribution in [2.24, 2.45) is 0 Å². The first kappa shape index (κ1) is 18.7. The summed E-state index contributed by atoms with van der Waals surface area (Å²) >= 11 is 0. The van der Waals surface area contributed by atoms with E-state index in [-0.39, 0.29) is 6.54 Å². The van der Waals surface area contributed by atoms with Crippen molar-refractivity contribution in [1.82, 2.24) is 4.72 Å². The van der Waals surface area contributed by atoms with Crippen LogP contribution in [0.4, 0.5) is 5.69 Å². The van der Waals surface area contributed by atoms with Crippen molar-refractivity contribution in [3.05, 3.63) is 95.1 Å². The van der Waals surface area contributed by atoms with E-state index in [0.29, 0.717) is 4.90 Å². The minimum atomic E-state index is -3.54. The van der Waals surface area contributed by atoms with Crippen molar-refractivity contribution in [3.63, 3.8) is 0 Å². The second-order valence-electron chi connectivity index (χ2n) is 7.21. The molecule has 3 aromatic rings. The molecule has 0 fully saturated rings. The molecule has 144 valence electrons. The lowest BCUT2D eigenvalue weighted by Crippen LogP contribution is -2.32. The summed E-state index contributed by atoms with van der Waals surface area (Å²) in [5.41, 5.74) is 5.84. The molecule has 1 heterocycles. The van der Waals surface area contributed by atoms with Crippen LogP contribution in [0.1, 0.15) is 22.3 Å². The number of anilines is 1. The topological polar surface area (TPSA) is 49.4 Å². The van der Waals surface area contributed by atoms with Crippen molar-refractivity contribution < 1.29 is 8.42 Å². The molecular formula is C23H24N2O2S. The first-order chi connectivity index (χ1) is 13.5. The Balaban J connectivity index is 1.53. The molecule has 0 saturated carbocycles.